The summed E-state index contributed by atoms with van der Waals surface area (Å²) in [5, 5.41) is 0. The molecule has 0 spiro atoms. The van der Waals surface area contributed by atoms with E-state index in [0.717, 1.165) is 12.0 Å². The molecule has 1 unspecified atom stereocenters. The van der Waals surface area contributed by atoms with Gasteiger partial charge in [0.2, 0.25) is 0 Å². The average molecular weight is 229 g/mol. The van der Waals surface area contributed by atoms with Crippen LogP contribution in [0.1, 0.15) is 50.0 Å². The van der Waals surface area contributed by atoms with E-state index >= 15 is 0 Å². The van der Waals surface area contributed by atoms with E-state index in [-0.39, 0.29) is 0 Å². The summed E-state index contributed by atoms with van der Waals surface area (Å²) in [7, 11) is 0. The average Bonchev–Trinajstić information content (AvgIpc) is 2.62. The summed E-state index contributed by atoms with van der Waals surface area (Å²) in [5.41, 5.74) is 1.58. The lowest BCUT2D eigenvalue weighted by molar-refractivity contribution is 0.137. The lowest BCUT2D eigenvalue weighted by Gasteiger charge is -2.39. The summed E-state index contributed by atoms with van der Waals surface area (Å²) in [6, 6.07) is 12.0. The summed E-state index contributed by atoms with van der Waals surface area (Å²) in [4.78, 5) is 2.77. The van der Waals surface area contributed by atoms with E-state index in [1.54, 1.807) is 5.56 Å². The zero-order valence-electron chi connectivity index (χ0n) is 10.6. The predicted octanol–water partition coefficient (Wildman–Crippen LogP) is 3.81. The first-order valence-electron chi connectivity index (χ1n) is 7.24. The van der Waals surface area contributed by atoms with E-state index in [4.69, 9.17) is 0 Å². The zero-order valence-corrected chi connectivity index (χ0v) is 10.6. The van der Waals surface area contributed by atoms with Crippen LogP contribution in [-0.4, -0.2) is 24.0 Å². The first kappa shape index (κ1) is 11.3. The third-order valence-corrected chi connectivity index (χ3v) is 4.57. The minimum absolute atomic E-state index is 0.791. The van der Waals surface area contributed by atoms with Crippen molar-refractivity contribution in [1.82, 2.24) is 4.90 Å². The molecule has 1 aromatic carbocycles. The quantitative estimate of drug-likeness (QED) is 0.708. The molecule has 0 bridgehead atoms. The Labute approximate surface area is 105 Å². The molecule has 1 nitrogen and oxygen atoms in total. The van der Waals surface area contributed by atoms with Crippen LogP contribution < -0.4 is 0 Å². The van der Waals surface area contributed by atoms with E-state index in [1.807, 2.05) is 0 Å². The van der Waals surface area contributed by atoms with Crippen molar-refractivity contribution in [3.05, 3.63) is 35.9 Å². The minimum atomic E-state index is 0.791. The molecule has 2 aliphatic rings. The third-order valence-electron chi connectivity index (χ3n) is 4.57. The molecule has 1 aromatic rings. The Morgan fingerprint density at radius 3 is 2.29 bits per heavy atom. The van der Waals surface area contributed by atoms with E-state index in [9.17, 15) is 0 Å². The zero-order chi connectivity index (χ0) is 11.5. The van der Waals surface area contributed by atoms with Crippen LogP contribution in [0.2, 0.25) is 0 Å². The summed E-state index contributed by atoms with van der Waals surface area (Å²) >= 11 is 0. The molecule has 0 N–H and O–H groups in total. The van der Waals surface area contributed by atoms with Gasteiger partial charge in [-0.2, -0.15) is 0 Å². The summed E-state index contributed by atoms with van der Waals surface area (Å²) < 4.78 is 0. The van der Waals surface area contributed by atoms with Gasteiger partial charge in [-0.05, 0) is 50.3 Å². The molecule has 2 heterocycles. The highest BCUT2D eigenvalue weighted by Gasteiger charge is 2.31. The number of hydrogen-bond donors (Lipinski definition) is 0. The Hall–Kier alpha value is -0.820. The van der Waals surface area contributed by atoms with Crippen LogP contribution >= 0.6 is 0 Å². The van der Waals surface area contributed by atoms with Crippen LogP contribution in [0, 0.1) is 0 Å². The normalized spacial score (nSPS) is 30.6. The highest BCUT2D eigenvalue weighted by atomic mass is 15.2. The third kappa shape index (κ3) is 2.40. The molecule has 0 saturated carbocycles. The molecular weight excluding hydrogens is 206 g/mol. The molecule has 3 rings (SSSR count). The standard InChI is InChI=1S/C16H23N/c1-2-8-14(9-3-1)15-10-4-6-12-17-13-7-5-11-16(15)17/h1-3,8-9,15-16H,4-7,10-13H2/t15-,16?/m0/s1. The van der Waals surface area contributed by atoms with Crippen LogP contribution in [0.3, 0.4) is 0 Å². The second-order valence-corrected chi connectivity index (χ2v) is 5.61. The first-order valence-corrected chi connectivity index (χ1v) is 7.24. The predicted molar refractivity (Wildman–Crippen MR) is 72.2 cm³/mol. The number of nitrogens with zero attached hydrogens (tertiary/aromatic N) is 1. The number of fused-ring (bicyclic) bond motifs is 1. The molecule has 1 heteroatoms. The van der Waals surface area contributed by atoms with Gasteiger partial charge in [0.1, 0.15) is 0 Å². The van der Waals surface area contributed by atoms with Gasteiger partial charge in [0.05, 0.1) is 0 Å². The van der Waals surface area contributed by atoms with Gasteiger partial charge in [-0.3, -0.25) is 4.90 Å². The molecule has 2 saturated heterocycles. The maximum Gasteiger partial charge on any atom is 0.0164 e. The van der Waals surface area contributed by atoms with Gasteiger partial charge in [-0.15, -0.1) is 0 Å². The fourth-order valence-electron chi connectivity index (χ4n) is 3.71. The maximum atomic E-state index is 2.77. The highest BCUT2D eigenvalue weighted by Crippen LogP contribution is 2.36. The van der Waals surface area contributed by atoms with Crippen molar-refractivity contribution in [2.45, 2.75) is 50.5 Å². The number of hydrogen-bond acceptors (Lipinski definition) is 1. The molecule has 0 radical (unpaired) electrons. The maximum absolute atomic E-state index is 2.77. The Balaban J connectivity index is 1.85. The first-order chi connectivity index (χ1) is 8.45. The topological polar surface area (TPSA) is 3.24 Å². The molecule has 0 amide bonds. The molecule has 0 aromatic heterocycles. The highest BCUT2D eigenvalue weighted by molar-refractivity contribution is 5.22. The van der Waals surface area contributed by atoms with E-state index in [1.165, 1.54) is 51.6 Å². The van der Waals surface area contributed by atoms with E-state index in [0.29, 0.717) is 0 Å². The van der Waals surface area contributed by atoms with Crippen molar-refractivity contribution in [2.75, 3.05) is 13.1 Å². The van der Waals surface area contributed by atoms with Crippen LogP contribution in [0.5, 0.6) is 0 Å². The lowest BCUT2D eigenvalue weighted by atomic mass is 9.83. The summed E-state index contributed by atoms with van der Waals surface area (Å²) in [6.07, 6.45) is 8.47. The van der Waals surface area contributed by atoms with Gasteiger partial charge in [-0.1, -0.05) is 43.2 Å². The second kappa shape index (κ2) is 5.22. The van der Waals surface area contributed by atoms with Crippen molar-refractivity contribution in [3.8, 4) is 0 Å². The SMILES string of the molecule is c1ccc([C@@H]2CCCCN3CCCCC23)cc1. The fourth-order valence-corrected chi connectivity index (χ4v) is 3.71. The minimum Gasteiger partial charge on any atom is -0.300 e. The number of benzene rings is 1. The Morgan fingerprint density at radius 1 is 0.824 bits per heavy atom. The van der Waals surface area contributed by atoms with Crippen LogP contribution in [0.15, 0.2) is 30.3 Å². The summed E-state index contributed by atoms with van der Waals surface area (Å²) in [6.45, 7) is 2.68. The van der Waals surface area contributed by atoms with Gasteiger partial charge < -0.3 is 0 Å². The second-order valence-electron chi connectivity index (χ2n) is 5.61. The van der Waals surface area contributed by atoms with Gasteiger partial charge in [0.25, 0.3) is 0 Å². The largest absolute Gasteiger partial charge is 0.300 e. The van der Waals surface area contributed by atoms with Gasteiger partial charge in [0.15, 0.2) is 0 Å². The monoisotopic (exact) mass is 229 g/mol. The molecule has 0 aliphatic carbocycles. The Morgan fingerprint density at radius 2 is 1.53 bits per heavy atom. The molecule has 2 fully saturated rings. The molecule has 92 valence electrons. The smallest absolute Gasteiger partial charge is 0.0164 e. The van der Waals surface area contributed by atoms with Crippen molar-refractivity contribution in [1.29, 1.82) is 0 Å². The van der Waals surface area contributed by atoms with E-state index in [2.05, 4.69) is 35.2 Å². The van der Waals surface area contributed by atoms with Crippen molar-refractivity contribution in [3.63, 3.8) is 0 Å². The number of piperidine rings is 1. The van der Waals surface area contributed by atoms with Gasteiger partial charge >= 0.3 is 0 Å². The Bertz CT molecular complexity index is 346. The van der Waals surface area contributed by atoms with Crippen molar-refractivity contribution in [2.24, 2.45) is 0 Å². The van der Waals surface area contributed by atoms with Crippen molar-refractivity contribution >= 4 is 0 Å². The molecule has 2 atom stereocenters. The van der Waals surface area contributed by atoms with Crippen LogP contribution in [0.25, 0.3) is 0 Å². The van der Waals surface area contributed by atoms with E-state index < -0.39 is 0 Å². The van der Waals surface area contributed by atoms with Crippen molar-refractivity contribution < 1.29 is 0 Å². The lowest BCUT2D eigenvalue weighted by Crippen LogP contribution is -2.42. The molecule has 2 aliphatic heterocycles. The summed E-state index contributed by atoms with van der Waals surface area (Å²) in [5.74, 6) is 0.791. The molecular formula is C16H23N. The van der Waals surface area contributed by atoms with Gasteiger partial charge in [-0.25, -0.2) is 0 Å². The Kier molecular flexibility index (Phi) is 3.46. The van der Waals surface area contributed by atoms with Crippen LogP contribution in [0.4, 0.5) is 0 Å². The number of rotatable bonds is 1. The molecule has 17 heavy (non-hydrogen) atoms. The van der Waals surface area contributed by atoms with Crippen LogP contribution in [-0.2, 0) is 0 Å². The van der Waals surface area contributed by atoms with Gasteiger partial charge in [0, 0.05) is 6.04 Å². The fraction of sp³-hybridized carbons (Fsp3) is 0.625.